The van der Waals surface area contributed by atoms with Crippen molar-refractivity contribution in [2.45, 2.75) is 57.2 Å². The van der Waals surface area contributed by atoms with Gasteiger partial charge >= 0.3 is 0 Å². The average molecular weight is 476 g/mol. The molecule has 0 radical (unpaired) electrons. The van der Waals surface area contributed by atoms with Gasteiger partial charge in [-0.2, -0.15) is 4.98 Å². The second kappa shape index (κ2) is 8.42. The molecule has 0 spiro atoms. The lowest BCUT2D eigenvalue weighted by Crippen LogP contribution is -2.33. The van der Waals surface area contributed by atoms with Gasteiger partial charge in [-0.3, -0.25) is 9.61 Å². The number of methoxy groups -OCH3 is 1. The number of nitrogens with one attached hydrogen (secondary N) is 1. The molecule has 5 rings (SSSR count). The maximum Gasteiger partial charge on any atom is 0.258 e. The Morgan fingerprint density at radius 3 is 2.85 bits per heavy atom. The molecule has 1 aliphatic carbocycles. The lowest BCUT2D eigenvalue weighted by Gasteiger charge is -2.30. The van der Waals surface area contributed by atoms with Crippen molar-refractivity contribution in [3.63, 3.8) is 0 Å². The molecule has 9 nitrogen and oxygen atoms in total. The van der Waals surface area contributed by atoms with Gasteiger partial charge in [0.15, 0.2) is 5.82 Å². The van der Waals surface area contributed by atoms with E-state index in [2.05, 4.69) is 25.4 Å². The molecule has 12 heteroatoms. The number of benzene rings is 1. The Balaban J connectivity index is 1.64. The number of H-pyrrole nitrogens is 1. The molecule has 34 heavy (non-hydrogen) atoms. The molecule has 0 bridgehead atoms. The molecular formula is C22H24F3N7O2. The Kier molecular flexibility index (Phi) is 5.24. The van der Waals surface area contributed by atoms with E-state index in [1.165, 1.54) is 17.7 Å². The average Bonchev–Trinajstić information content (AvgIpc) is 3.32. The molecule has 1 fully saturated rings. The number of ether oxygens (including phenoxy) is 1. The third-order valence-corrected chi connectivity index (χ3v) is 6.16. The summed E-state index contributed by atoms with van der Waals surface area (Å²) in [5.74, 6) is -0.781. The van der Waals surface area contributed by atoms with E-state index in [0.717, 1.165) is 4.68 Å². The number of hydrogen-bond acceptors (Lipinski definition) is 6. The van der Waals surface area contributed by atoms with E-state index in [1.807, 2.05) is 0 Å². The minimum atomic E-state index is -2.63. The monoisotopic (exact) mass is 476 g/mol. The molecule has 0 atom stereocenters. The van der Waals surface area contributed by atoms with Gasteiger partial charge < -0.3 is 9.84 Å². The van der Waals surface area contributed by atoms with Crippen molar-refractivity contribution in [3.05, 3.63) is 35.8 Å². The quantitative estimate of drug-likeness (QED) is 0.461. The Labute approximate surface area is 193 Å². The van der Waals surface area contributed by atoms with Crippen molar-refractivity contribution in [2.75, 3.05) is 7.11 Å². The summed E-state index contributed by atoms with van der Waals surface area (Å²) in [7, 11) is 1.38. The zero-order valence-electron chi connectivity index (χ0n) is 19.6. The molecule has 4 aromatic rings. The summed E-state index contributed by atoms with van der Waals surface area (Å²) >= 11 is 0. The van der Waals surface area contributed by atoms with Gasteiger partial charge in [0, 0.05) is 0 Å². The summed E-state index contributed by atoms with van der Waals surface area (Å²) < 4.78 is 57.3. The van der Waals surface area contributed by atoms with Gasteiger partial charge in [-0.25, -0.2) is 22.8 Å². The number of fused-ring (bicyclic) bond motifs is 2. The van der Waals surface area contributed by atoms with Gasteiger partial charge in [0.2, 0.25) is 11.5 Å². The molecule has 180 valence electrons. The van der Waals surface area contributed by atoms with Crippen LogP contribution in [0.4, 0.5) is 13.2 Å². The first-order chi connectivity index (χ1) is 16.7. The number of alkyl halides is 2. The molecule has 2 N–H and O–H groups in total. The number of nitrogens with zero attached hydrogens (tertiary/aromatic N) is 6. The van der Waals surface area contributed by atoms with Crippen molar-refractivity contribution in [1.29, 1.82) is 0 Å². The van der Waals surface area contributed by atoms with Crippen LogP contribution in [-0.4, -0.2) is 59.9 Å². The third kappa shape index (κ3) is 4.13. The summed E-state index contributed by atoms with van der Waals surface area (Å²) in [6, 6.07) is 4.55. The molecular weight excluding hydrogens is 451 g/mol. The van der Waals surface area contributed by atoms with Crippen LogP contribution in [0.2, 0.25) is 0 Å². The van der Waals surface area contributed by atoms with Gasteiger partial charge in [-0.15, -0.1) is 5.10 Å². The van der Waals surface area contributed by atoms with Crippen LogP contribution in [0.1, 0.15) is 34.0 Å². The van der Waals surface area contributed by atoms with E-state index in [9.17, 15) is 13.9 Å². The topological polar surface area (TPSA) is 106 Å². The lowest BCUT2D eigenvalue weighted by atomic mass is 9.84. The smallest absolute Gasteiger partial charge is 0.258 e. The van der Waals surface area contributed by atoms with Crippen LogP contribution in [0.5, 0.6) is 5.88 Å². The fourth-order valence-corrected chi connectivity index (χ4v) is 4.36. The Morgan fingerprint density at radius 1 is 1.38 bits per heavy atom. The van der Waals surface area contributed by atoms with Crippen LogP contribution in [-0.2, 0) is 6.54 Å². The van der Waals surface area contributed by atoms with Crippen LogP contribution in [0.3, 0.4) is 0 Å². The second-order valence-electron chi connectivity index (χ2n) is 8.76. The van der Waals surface area contributed by atoms with E-state index in [0.29, 0.717) is 42.3 Å². The zero-order chi connectivity index (χ0) is 24.9. The highest BCUT2D eigenvalue weighted by atomic mass is 19.3. The van der Waals surface area contributed by atoms with E-state index >= 15 is 4.39 Å². The maximum absolute atomic E-state index is 15.4. The first-order valence-electron chi connectivity index (χ1n) is 11.4. The SMILES string of the molecule is [2H]c1c(F)c(-c2ccc3nnn(CC(F)F)c3c2)c2c(OC)nc(=NC3CCC(C)(O)CC3)[nH]n12. The Bertz CT molecular complexity index is 1470. The van der Waals surface area contributed by atoms with E-state index in [-0.39, 0.29) is 28.6 Å². The standard InChI is InChI=1S/C22H24F3N7O2/c1-22(33)7-5-13(6-8-22)26-21-27-20(34-2)19-18(14(23)10-32(19)29-21)12-3-4-15-16(9-12)31(30-28-15)11-17(24)25/h3-4,9-10,13,17,33H,5-8,11H2,1-2H3,(H,26,29)/i10D. The summed E-state index contributed by atoms with van der Waals surface area (Å²) in [6.45, 7) is 1.15. The first-order valence-corrected chi connectivity index (χ1v) is 10.9. The minimum Gasteiger partial charge on any atom is -0.479 e. The first kappa shape index (κ1) is 21.1. The number of aromatic nitrogens is 6. The predicted molar refractivity (Wildman–Crippen MR) is 117 cm³/mol. The molecule has 3 heterocycles. The number of halogens is 3. The van der Waals surface area contributed by atoms with Crippen LogP contribution in [0, 0.1) is 5.82 Å². The van der Waals surface area contributed by atoms with Crippen LogP contribution >= 0.6 is 0 Å². The Morgan fingerprint density at radius 2 is 2.15 bits per heavy atom. The van der Waals surface area contributed by atoms with E-state index < -0.39 is 30.6 Å². The zero-order valence-corrected chi connectivity index (χ0v) is 18.6. The predicted octanol–water partition coefficient (Wildman–Crippen LogP) is 3.08. The van der Waals surface area contributed by atoms with E-state index in [4.69, 9.17) is 6.11 Å². The van der Waals surface area contributed by atoms with Gasteiger partial charge in [0.25, 0.3) is 6.43 Å². The second-order valence-corrected chi connectivity index (χ2v) is 8.76. The third-order valence-electron chi connectivity index (χ3n) is 6.16. The van der Waals surface area contributed by atoms with Gasteiger partial charge in [-0.1, -0.05) is 11.3 Å². The van der Waals surface area contributed by atoms with Crippen LogP contribution in [0.25, 0.3) is 27.7 Å². The highest BCUT2D eigenvalue weighted by Gasteiger charge is 2.28. The number of hydrogen-bond donors (Lipinski definition) is 2. The van der Waals surface area contributed by atoms with Crippen LogP contribution in [0.15, 0.2) is 29.4 Å². The molecule has 1 aliphatic rings. The number of rotatable bonds is 5. The summed E-state index contributed by atoms with van der Waals surface area (Å²) in [6.07, 6.45) is -0.549. The van der Waals surface area contributed by atoms with Crippen molar-refractivity contribution >= 4 is 16.6 Å². The van der Waals surface area contributed by atoms with Gasteiger partial charge in [0.1, 0.15) is 17.6 Å². The minimum absolute atomic E-state index is 0.0301. The lowest BCUT2D eigenvalue weighted by molar-refractivity contribution is 0.0176. The molecule has 0 saturated heterocycles. The maximum atomic E-state index is 15.4. The van der Waals surface area contributed by atoms with Crippen LogP contribution < -0.4 is 10.4 Å². The summed E-state index contributed by atoms with van der Waals surface area (Å²) in [5.41, 5.74) is 0.689. The normalized spacial score (nSPS) is 22.1. The van der Waals surface area contributed by atoms with Crippen molar-refractivity contribution in [1.82, 2.24) is 29.6 Å². The molecule has 1 saturated carbocycles. The molecule has 0 aliphatic heterocycles. The fraction of sp³-hybridized carbons (Fsp3) is 0.455. The van der Waals surface area contributed by atoms with Gasteiger partial charge in [0.05, 0.1) is 37.4 Å². The van der Waals surface area contributed by atoms with Gasteiger partial charge in [-0.05, 0) is 50.3 Å². The molecule has 3 aromatic heterocycles. The highest BCUT2D eigenvalue weighted by molar-refractivity contribution is 5.89. The highest BCUT2D eigenvalue weighted by Crippen LogP contribution is 2.34. The summed E-state index contributed by atoms with van der Waals surface area (Å²) in [5, 5.41) is 20.7. The van der Waals surface area contributed by atoms with Crippen molar-refractivity contribution < 1.29 is 24.4 Å². The van der Waals surface area contributed by atoms with Crippen molar-refractivity contribution in [2.24, 2.45) is 4.99 Å². The Hall–Kier alpha value is -3.41. The fourth-order valence-electron chi connectivity index (χ4n) is 4.36. The summed E-state index contributed by atoms with van der Waals surface area (Å²) in [4.78, 5) is 8.99. The number of aromatic amines is 1. The molecule has 0 amide bonds. The molecule has 1 aromatic carbocycles. The van der Waals surface area contributed by atoms with E-state index in [1.54, 1.807) is 19.1 Å². The number of aliphatic hydroxyl groups is 1. The largest absolute Gasteiger partial charge is 0.479 e. The molecule has 0 unspecified atom stereocenters. The van der Waals surface area contributed by atoms with Crippen molar-refractivity contribution in [3.8, 4) is 17.0 Å².